The number of nitrogens with one attached hydrogen (secondary N) is 2. The summed E-state index contributed by atoms with van der Waals surface area (Å²) in [7, 11) is 0. The Hall–Kier alpha value is -3.01. The highest BCUT2D eigenvalue weighted by Gasteiger charge is 2.30. The van der Waals surface area contributed by atoms with Crippen LogP contribution in [-0.2, 0) is 16.0 Å². The predicted octanol–water partition coefficient (Wildman–Crippen LogP) is 2.04. The molecule has 0 bridgehead atoms. The van der Waals surface area contributed by atoms with Crippen molar-refractivity contribution in [1.82, 2.24) is 14.8 Å². The van der Waals surface area contributed by atoms with Crippen molar-refractivity contribution in [1.29, 1.82) is 0 Å². The summed E-state index contributed by atoms with van der Waals surface area (Å²) in [5.74, 6) is -0.833. The fraction of sp³-hybridized carbons (Fsp3) is 0.440. The topological polar surface area (TPSA) is 97.9 Å². The number of aromatic nitrogens is 1. The third kappa shape index (κ3) is 4.38. The van der Waals surface area contributed by atoms with Crippen LogP contribution >= 0.6 is 0 Å². The maximum atomic E-state index is 13.8. The fourth-order valence-electron chi connectivity index (χ4n) is 5.02. The summed E-state index contributed by atoms with van der Waals surface area (Å²) in [6, 6.07) is 4.19. The number of anilines is 1. The molecule has 1 aromatic heterocycles. The number of aromatic amines is 1. The molecule has 0 saturated carbocycles. The van der Waals surface area contributed by atoms with Gasteiger partial charge >= 0.3 is 0 Å². The third-order valence-corrected chi connectivity index (χ3v) is 6.78. The third-order valence-electron chi connectivity index (χ3n) is 6.78. The molecule has 2 amide bonds. The van der Waals surface area contributed by atoms with E-state index in [4.69, 9.17) is 4.74 Å². The molecule has 0 spiro atoms. The summed E-state index contributed by atoms with van der Waals surface area (Å²) in [5.41, 5.74) is 4.28. The number of aryl methyl sites for hydroxylation is 1. The van der Waals surface area contributed by atoms with Gasteiger partial charge in [-0.3, -0.25) is 14.5 Å². The number of aliphatic hydroxyl groups is 1. The van der Waals surface area contributed by atoms with Crippen LogP contribution in [0.2, 0.25) is 0 Å². The first-order chi connectivity index (χ1) is 16.4. The Morgan fingerprint density at radius 1 is 1.21 bits per heavy atom. The van der Waals surface area contributed by atoms with E-state index in [1.807, 2.05) is 6.92 Å². The van der Waals surface area contributed by atoms with Crippen LogP contribution < -0.4 is 5.32 Å². The zero-order chi connectivity index (χ0) is 23.8. The standard InChI is InChI=1S/C25H29FN4O4/c1-15-22(12-19-18-11-16(26)4-5-20(18)28-24(19)32)27-21-3-2-6-30(25(33)23(15)21)14-17(31)13-29-7-9-34-10-8-29/h4-5,11-12,17,27,31H,2-3,6-10,13-14H2,1H3,(H,28,32)/t17-/m1/s1. The van der Waals surface area contributed by atoms with Crippen LogP contribution in [0.5, 0.6) is 0 Å². The second-order valence-electron chi connectivity index (χ2n) is 9.14. The van der Waals surface area contributed by atoms with Gasteiger partial charge in [0.05, 0.1) is 30.5 Å². The van der Waals surface area contributed by atoms with Gasteiger partial charge in [0.2, 0.25) is 0 Å². The average Bonchev–Trinajstić information content (AvgIpc) is 3.23. The first kappa shape index (κ1) is 22.8. The van der Waals surface area contributed by atoms with Crippen LogP contribution in [-0.4, -0.2) is 83.7 Å². The van der Waals surface area contributed by atoms with Gasteiger partial charge in [-0.15, -0.1) is 0 Å². The Morgan fingerprint density at radius 2 is 2.00 bits per heavy atom. The van der Waals surface area contributed by atoms with Gasteiger partial charge in [0.25, 0.3) is 11.8 Å². The van der Waals surface area contributed by atoms with Gasteiger partial charge in [0.1, 0.15) is 5.82 Å². The van der Waals surface area contributed by atoms with E-state index in [0.29, 0.717) is 60.8 Å². The van der Waals surface area contributed by atoms with Gasteiger partial charge in [0.15, 0.2) is 0 Å². The molecule has 0 unspecified atom stereocenters. The van der Waals surface area contributed by atoms with Gasteiger partial charge in [0, 0.05) is 55.4 Å². The molecular formula is C25H29FN4O4. The molecule has 0 radical (unpaired) electrons. The van der Waals surface area contributed by atoms with Gasteiger partial charge in [-0.25, -0.2) is 4.39 Å². The molecule has 180 valence electrons. The maximum absolute atomic E-state index is 13.8. The second-order valence-corrected chi connectivity index (χ2v) is 9.14. The van der Waals surface area contributed by atoms with E-state index in [-0.39, 0.29) is 18.4 Å². The number of ether oxygens (including phenoxy) is 1. The Balaban J connectivity index is 1.38. The van der Waals surface area contributed by atoms with Crippen LogP contribution in [0.25, 0.3) is 11.6 Å². The molecule has 1 atom stereocenters. The summed E-state index contributed by atoms with van der Waals surface area (Å²) < 4.78 is 19.2. The molecule has 3 aliphatic heterocycles. The SMILES string of the molecule is Cc1c(C=C2C(=O)Nc3ccc(F)cc32)[nH]c2c1C(=O)N(C[C@H](O)CN1CCOCC1)CCC2. The van der Waals surface area contributed by atoms with Crippen molar-refractivity contribution in [2.75, 3.05) is 51.3 Å². The van der Waals surface area contributed by atoms with E-state index in [1.165, 1.54) is 12.1 Å². The number of H-pyrrole nitrogens is 1. The van der Waals surface area contributed by atoms with Crippen LogP contribution in [0.4, 0.5) is 10.1 Å². The largest absolute Gasteiger partial charge is 0.390 e. The molecule has 0 aliphatic carbocycles. The number of morpholine rings is 1. The number of amides is 2. The lowest BCUT2D eigenvalue weighted by Gasteiger charge is -2.31. The number of hydrogen-bond donors (Lipinski definition) is 3. The molecule has 1 saturated heterocycles. The number of benzene rings is 1. The van der Waals surface area contributed by atoms with E-state index < -0.39 is 11.9 Å². The Bertz CT molecular complexity index is 1150. The Morgan fingerprint density at radius 3 is 2.79 bits per heavy atom. The molecule has 9 heteroatoms. The van der Waals surface area contributed by atoms with Crippen molar-refractivity contribution in [2.24, 2.45) is 0 Å². The number of fused-ring (bicyclic) bond motifs is 2. The fourth-order valence-corrected chi connectivity index (χ4v) is 5.02. The van der Waals surface area contributed by atoms with Crippen LogP contribution in [0.15, 0.2) is 18.2 Å². The molecule has 3 N–H and O–H groups in total. The van der Waals surface area contributed by atoms with E-state index in [9.17, 15) is 19.1 Å². The van der Waals surface area contributed by atoms with Crippen molar-refractivity contribution >= 4 is 29.2 Å². The number of aliphatic hydroxyl groups excluding tert-OH is 1. The van der Waals surface area contributed by atoms with Crippen LogP contribution in [0, 0.1) is 12.7 Å². The molecule has 8 nitrogen and oxygen atoms in total. The van der Waals surface area contributed by atoms with Crippen LogP contribution in [0.3, 0.4) is 0 Å². The maximum Gasteiger partial charge on any atom is 0.256 e. The van der Waals surface area contributed by atoms with E-state index in [2.05, 4.69) is 15.2 Å². The average molecular weight is 469 g/mol. The van der Waals surface area contributed by atoms with Gasteiger partial charge in [-0.1, -0.05) is 0 Å². The molecule has 34 heavy (non-hydrogen) atoms. The van der Waals surface area contributed by atoms with Crippen molar-refractivity contribution < 1.29 is 23.8 Å². The first-order valence-corrected chi connectivity index (χ1v) is 11.7. The van der Waals surface area contributed by atoms with Gasteiger partial charge in [-0.2, -0.15) is 0 Å². The normalized spacial score (nSPS) is 20.8. The summed E-state index contributed by atoms with van der Waals surface area (Å²) in [4.78, 5) is 33.2. The predicted molar refractivity (Wildman–Crippen MR) is 126 cm³/mol. The Labute approximate surface area is 197 Å². The van der Waals surface area contributed by atoms with Gasteiger partial charge in [-0.05, 0) is 49.6 Å². The highest BCUT2D eigenvalue weighted by Crippen LogP contribution is 2.35. The summed E-state index contributed by atoms with van der Waals surface area (Å²) >= 11 is 0. The number of nitrogens with zero attached hydrogens (tertiary/aromatic N) is 2. The number of carbonyl (C=O) groups excluding carboxylic acids is 2. The quantitative estimate of drug-likeness (QED) is 0.584. The van der Waals surface area contributed by atoms with E-state index in [0.717, 1.165) is 30.8 Å². The molecule has 1 aromatic carbocycles. The lowest BCUT2D eigenvalue weighted by atomic mass is 10.0. The monoisotopic (exact) mass is 468 g/mol. The molecule has 2 aromatic rings. The smallest absolute Gasteiger partial charge is 0.256 e. The zero-order valence-corrected chi connectivity index (χ0v) is 19.2. The van der Waals surface area contributed by atoms with Crippen molar-refractivity contribution in [2.45, 2.75) is 25.9 Å². The minimum atomic E-state index is -0.641. The van der Waals surface area contributed by atoms with Gasteiger partial charge < -0.3 is 25.0 Å². The zero-order valence-electron chi connectivity index (χ0n) is 19.2. The molecule has 4 heterocycles. The molecule has 5 rings (SSSR count). The first-order valence-electron chi connectivity index (χ1n) is 11.7. The number of halogens is 1. The number of carbonyl (C=O) groups is 2. The van der Waals surface area contributed by atoms with Crippen molar-refractivity contribution in [3.63, 3.8) is 0 Å². The summed E-state index contributed by atoms with van der Waals surface area (Å²) in [5, 5.41) is 13.4. The number of rotatable bonds is 5. The molecule has 3 aliphatic rings. The van der Waals surface area contributed by atoms with Crippen molar-refractivity contribution in [3.05, 3.63) is 52.1 Å². The van der Waals surface area contributed by atoms with Crippen LogP contribution in [0.1, 0.15) is 39.3 Å². The van der Waals surface area contributed by atoms with E-state index >= 15 is 0 Å². The van der Waals surface area contributed by atoms with Crippen molar-refractivity contribution in [3.8, 4) is 0 Å². The number of hydrogen-bond acceptors (Lipinski definition) is 5. The Kier molecular flexibility index (Phi) is 6.24. The number of β-amino-alcohol motifs (C(OH)–C–C–N with tert-alkyl or cyclic N) is 1. The summed E-state index contributed by atoms with van der Waals surface area (Å²) in [6.07, 6.45) is 2.51. The minimum Gasteiger partial charge on any atom is -0.390 e. The highest BCUT2D eigenvalue weighted by molar-refractivity contribution is 6.34. The molecular weight excluding hydrogens is 439 g/mol. The lowest BCUT2D eigenvalue weighted by Crippen LogP contribution is -2.46. The second kappa shape index (κ2) is 9.32. The minimum absolute atomic E-state index is 0.116. The molecule has 1 fully saturated rings. The van der Waals surface area contributed by atoms with E-state index in [1.54, 1.807) is 17.0 Å². The summed E-state index contributed by atoms with van der Waals surface area (Å²) in [6.45, 7) is 6.10. The highest BCUT2D eigenvalue weighted by atomic mass is 19.1. The lowest BCUT2D eigenvalue weighted by molar-refractivity contribution is -0.110.